The Balaban J connectivity index is 2.49. The van der Waals surface area contributed by atoms with E-state index < -0.39 is 6.10 Å². The van der Waals surface area contributed by atoms with Crippen molar-refractivity contribution in [3.63, 3.8) is 0 Å². The molecule has 1 unspecified atom stereocenters. The van der Waals surface area contributed by atoms with Crippen molar-refractivity contribution < 1.29 is 9.84 Å². The van der Waals surface area contributed by atoms with E-state index >= 15 is 0 Å². The molecule has 108 valence electrons. The summed E-state index contributed by atoms with van der Waals surface area (Å²) in [7, 11) is 0. The Morgan fingerprint density at radius 3 is 2.30 bits per heavy atom. The minimum Gasteiger partial charge on any atom is -0.494 e. The molecule has 20 heavy (non-hydrogen) atoms. The number of benzene rings is 1. The van der Waals surface area contributed by atoms with E-state index in [4.69, 9.17) is 4.74 Å². The fourth-order valence-electron chi connectivity index (χ4n) is 2.50. The van der Waals surface area contributed by atoms with Crippen LogP contribution in [0.2, 0.25) is 0 Å². The number of hydrogen-bond donors (Lipinski definition) is 2. The standard InChI is InChI=1S/C16H22N2O2/c1-4-11-9-13(20-6-3)10-12(5-2)14(11)15(19)16-17-7-8-18-16/h7-10,15,19H,4-6H2,1-3H3,(H,17,18). The zero-order valence-electron chi connectivity index (χ0n) is 12.3. The molecule has 0 fully saturated rings. The highest BCUT2D eigenvalue weighted by Gasteiger charge is 2.20. The van der Waals surface area contributed by atoms with Gasteiger partial charge in [0, 0.05) is 12.4 Å². The Labute approximate surface area is 119 Å². The summed E-state index contributed by atoms with van der Waals surface area (Å²) in [6.45, 7) is 6.79. The highest BCUT2D eigenvalue weighted by atomic mass is 16.5. The van der Waals surface area contributed by atoms with Gasteiger partial charge in [-0.2, -0.15) is 0 Å². The van der Waals surface area contributed by atoms with Gasteiger partial charge in [0.25, 0.3) is 0 Å². The SMILES string of the molecule is CCOc1cc(CC)c(C(O)c2ncc[nH]2)c(CC)c1. The number of nitrogens with zero attached hydrogens (tertiary/aromatic N) is 1. The minimum atomic E-state index is -0.717. The molecule has 2 aromatic rings. The molecule has 0 radical (unpaired) electrons. The van der Waals surface area contributed by atoms with E-state index in [1.54, 1.807) is 12.4 Å². The molecule has 0 aliphatic rings. The van der Waals surface area contributed by atoms with Gasteiger partial charge in [-0.1, -0.05) is 13.8 Å². The normalized spacial score (nSPS) is 12.4. The quantitative estimate of drug-likeness (QED) is 0.851. The van der Waals surface area contributed by atoms with Gasteiger partial charge in [-0.25, -0.2) is 4.98 Å². The van der Waals surface area contributed by atoms with Crippen LogP contribution in [0.1, 0.15) is 49.4 Å². The molecule has 4 heteroatoms. The Bertz CT molecular complexity index is 525. The first kappa shape index (κ1) is 14.6. The third-order valence-corrected chi connectivity index (χ3v) is 3.45. The van der Waals surface area contributed by atoms with E-state index in [2.05, 4.69) is 23.8 Å². The number of imidazole rings is 1. The molecule has 0 saturated heterocycles. The van der Waals surface area contributed by atoms with Crippen molar-refractivity contribution in [3.05, 3.63) is 47.0 Å². The summed E-state index contributed by atoms with van der Waals surface area (Å²) in [6, 6.07) is 4.04. The van der Waals surface area contributed by atoms with Gasteiger partial charge >= 0.3 is 0 Å². The van der Waals surface area contributed by atoms with Gasteiger partial charge in [0.2, 0.25) is 0 Å². The molecule has 1 aromatic carbocycles. The van der Waals surface area contributed by atoms with Crippen molar-refractivity contribution in [2.24, 2.45) is 0 Å². The lowest BCUT2D eigenvalue weighted by Gasteiger charge is -2.19. The molecule has 0 bridgehead atoms. The lowest BCUT2D eigenvalue weighted by molar-refractivity contribution is 0.208. The molecule has 1 heterocycles. The van der Waals surface area contributed by atoms with Gasteiger partial charge in [-0.05, 0) is 48.6 Å². The number of aliphatic hydroxyl groups is 1. The Kier molecular flexibility index (Phi) is 4.79. The van der Waals surface area contributed by atoms with Crippen LogP contribution in [0.4, 0.5) is 0 Å². The Morgan fingerprint density at radius 2 is 1.85 bits per heavy atom. The number of H-pyrrole nitrogens is 1. The number of rotatable bonds is 6. The molecular weight excluding hydrogens is 252 g/mol. The maximum atomic E-state index is 10.6. The predicted octanol–water partition coefficient (Wildman–Crippen LogP) is 3.01. The number of ether oxygens (including phenoxy) is 1. The summed E-state index contributed by atoms with van der Waals surface area (Å²) in [5, 5.41) is 10.6. The first-order valence-corrected chi connectivity index (χ1v) is 7.17. The second-order valence-corrected chi connectivity index (χ2v) is 4.67. The number of aliphatic hydroxyl groups excluding tert-OH is 1. The fraction of sp³-hybridized carbons (Fsp3) is 0.438. The number of aryl methyl sites for hydroxylation is 2. The van der Waals surface area contributed by atoms with Crippen LogP contribution < -0.4 is 4.74 Å². The molecule has 2 rings (SSSR count). The van der Waals surface area contributed by atoms with E-state index in [0.29, 0.717) is 12.4 Å². The maximum absolute atomic E-state index is 10.6. The van der Waals surface area contributed by atoms with E-state index in [1.165, 1.54) is 0 Å². The maximum Gasteiger partial charge on any atom is 0.139 e. The van der Waals surface area contributed by atoms with Crippen molar-refractivity contribution in [1.82, 2.24) is 9.97 Å². The van der Waals surface area contributed by atoms with Gasteiger partial charge in [-0.3, -0.25) is 0 Å². The zero-order chi connectivity index (χ0) is 14.5. The Morgan fingerprint density at radius 1 is 1.20 bits per heavy atom. The van der Waals surface area contributed by atoms with Gasteiger partial charge in [0.05, 0.1) is 6.61 Å². The predicted molar refractivity (Wildman–Crippen MR) is 79.0 cm³/mol. The van der Waals surface area contributed by atoms with Crippen LogP contribution in [-0.2, 0) is 12.8 Å². The van der Waals surface area contributed by atoms with Crippen LogP contribution >= 0.6 is 0 Å². The van der Waals surface area contributed by atoms with E-state index in [9.17, 15) is 5.11 Å². The number of hydrogen-bond acceptors (Lipinski definition) is 3. The van der Waals surface area contributed by atoms with Crippen LogP contribution in [0.3, 0.4) is 0 Å². The molecular formula is C16H22N2O2. The molecule has 1 atom stereocenters. The van der Waals surface area contributed by atoms with Gasteiger partial charge in [0.1, 0.15) is 17.7 Å². The van der Waals surface area contributed by atoms with Crippen molar-refractivity contribution >= 4 is 0 Å². The summed E-state index contributed by atoms with van der Waals surface area (Å²) < 4.78 is 5.61. The van der Waals surface area contributed by atoms with Crippen molar-refractivity contribution in [2.75, 3.05) is 6.61 Å². The van der Waals surface area contributed by atoms with E-state index in [0.717, 1.165) is 35.3 Å². The molecule has 0 aliphatic carbocycles. The van der Waals surface area contributed by atoms with Crippen LogP contribution in [0, 0.1) is 0 Å². The van der Waals surface area contributed by atoms with Gasteiger partial charge in [-0.15, -0.1) is 0 Å². The molecule has 4 nitrogen and oxygen atoms in total. The lowest BCUT2D eigenvalue weighted by Crippen LogP contribution is -2.10. The third-order valence-electron chi connectivity index (χ3n) is 3.45. The number of nitrogens with one attached hydrogen (secondary N) is 1. The van der Waals surface area contributed by atoms with Crippen molar-refractivity contribution in [3.8, 4) is 5.75 Å². The molecule has 1 aromatic heterocycles. The zero-order valence-corrected chi connectivity index (χ0v) is 12.3. The average Bonchev–Trinajstić information content (AvgIpc) is 3.00. The molecule has 0 spiro atoms. The summed E-state index contributed by atoms with van der Waals surface area (Å²) in [6.07, 6.45) is 4.36. The summed E-state index contributed by atoms with van der Waals surface area (Å²) in [4.78, 5) is 7.15. The average molecular weight is 274 g/mol. The molecule has 0 aliphatic heterocycles. The van der Waals surface area contributed by atoms with Crippen LogP contribution in [0.15, 0.2) is 24.5 Å². The van der Waals surface area contributed by atoms with Crippen LogP contribution in [-0.4, -0.2) is 21.7 Å². The topological polar surface area (TPSA) is 58.1 Å². The lowest BCUT2D eigenvalue weighted by atomic mass is 9.92. The largest absolute Gasteiger partial charge is 0.494 e. The van der Waals surface area contributed by atoms with Gasteiger partial charge in [0.15, 0.2) is 0 Å². The molecule has 2 N–H and O–H groups in total. The fourth-order valence-corrected chi connectivity index (χ4v) is 2.50. The summed E-state index contributed by atoms with van der Waals surface area (Å²) >= 11 is 0. The molecule has 0 amide bonds. The van der Waals surface area contributed by atoms with E-state index in [-0.39, 0.29) is 0 Å². The second kappa shape index (κ2) is 6.57. The van der Waals surface area contributed by atoms with Crippen LogP contribution in [0.25, 0.3) is 0 Å². The highest BCUT2D eigenvalue weighted by molar-refractivity contribution is 5.45. The number of aromatic amines is 1. The second-order valence-electron chi connectivity index (χ2n) is 4.67. The highest BCUT2D eigenvalue weighted by Crippen LogP contribution is 2.31. The smallest absolute Gasteiger partial charge is 0.139 e. The van der Waals surface area contributed by atoms with Crippen molar-refractivity contribution in [1.29, 1.82) is 0 Å². The first-order chi connectivity index (χ1) is 9.71. The van der Waals surface area contributed by atoms with Crippen molar-refractivity contribution in [2.45, 2.75) is 39.7 Å². The van der Waals surface area contributed by atoms with E-state index in [1.807, 2.05) is 19.1 Å². The third kappa shape index (κ3) is 2.85. The number of aromatic nitrogens is 2. The van der Waals surface area contributed by atoms with Crippen LogP contribution in [0.5, 0.6) is 5.75 Å². The summed E-state index contributed by atoms with van der Waals surface area (Å²) in [5.74, 6) is 1.45. The summed E-state index contributed by atoms with van der Waals surface area (Å²) in [5.41, 5.74) is 3.17. The first-order valence-electron chi connectivity index (χ1n) is 7.17. The minimum absolute atomic E-state index is 0.582. The molecule has 0 saturated carbocycles. The Hall–Kier alpha value is -1.81. The monoisotopic (exact) mass is 274 g/mol. The van der Waals surface area contributed by atoms with Gasteiger partial charge < -0.3 is 14.8 Å².